The lowest BCUT2D eigenvalue weighted by atomic mass is 10.2. The summed E-state index contributed by atoms with van der Waals surface area (Å²) in [5.41, 5.74) is 2.85. The third kappa shape index (κ3) is 2.20. The SMILES string of the molecule is COC(=O)c1cccc2[nH]c(-c3ccc(Br)cc3)nc12. The third-order valence-corrected chi connectivity index (χ3v) is 3.56. The Morgan fingerprint density at radius 2 is 1.95 bits per heavy atom. The zero-order chi connectivity index (χ0) is 14.1. The number of hydrogen-bond donors (Lipinski definition) is 1. The summed E-state index contributed by atoms with van der Waals surface area (Å²) in [7, 11) is 1.36. The molecule has 1 N–H and O–H groups in total. The molecule has 1 heterocycles. The number of carbonyl (C=O) groups excluding carboxylic acids is 1. The molecule has 0 radical (unpaired) electrons. The second-order valence-corrected chi connectivity index (χ2v) is 5.20. The normalized spacial score (nSPS) is 10.7. The van der Waals surface area contributed by atoms with E-state index in [1.54, 1.807) is 12.1 Å². The maximum absolute atomic E-state index is 11.7. The van der Waals surface area contributed by atoms with E-state index in [0.29, 0.717) is 11.1 Å². The number of halogens is 1. The Balaban J connectivity index is 2.15. The van der Waals surface area contributed by atoms with Gasteiger partial charge in [0.05, 0.1) is 18.2 Å². The topological polar surface area (TPSA) is 55.0 Å². The molecule has 2 aromatic carbocycles. The van der Waals surface area contributed by atoms with Crippen LogP contribution in [-0.2, 0) is 4.74 Å². The Hall–Kier alpha value is -2.14. The number of imidazole rings is 1. The lowest BCUT2D eigenvalue weighted by Crippen LogP contribution is -2.01. The van der Waals surface area contributed by atoms with Gasteiger partial charge in [-0.3, -0.25) is 0 Å². The minimum absolute atomic E-state index is 0.385. The van der Waals surface area contributed by atoms with Crippen LogP contribution in [0.3, 0.4) is 0 Å². The molecule has 4 nitrogen and oxygen atoms in total. The predicted octanol–water partition coefficient (Wildman–Crippen LogP) is 3.78. The Kier molecular flexibility index (Phi) is 3.28. The van der Waals surface area contributed by atoms with E-state index in [2.05, 4.69) is 25.9 Å². The first-order chi connectivity index (χ1) is 9.69. The van der Waals surface area contributed by atoms with Gasteiger partial charge in [0, 0.05) is 10.0 Å². The lowest BCUT2D eigenvalue weighted by molar-refractivity contribution is 0.0603. The van der Waals surface area contributed by atoms with Crippen molar-refractivity contribution in [2.75, 3.05) is 7.11 Å². The van der Waals surface area contributed by atoms with Gasteiger partial charge in [-0.05, 0) is 24.3 Å². The summed E-state index contributed by atoms with van der Waals surface area (Å²) in [5.74, 6) is 0.341. The molecule has 0 aliphatic heterocycles. The van der Waals surface area contributed by atoms with Crippen LogP contribution in [0.4, 0.5) is 0 Å². The lowest BCUT2D eigenvalue weighted by Gasteiger charge is -1.98. The van der Waals surface area contributed by atoms with E-state index >= 15 is 0 Å². The number of ether oxygens (including phenoxy) is 1. The number of hydrogen-bond acceptors (Lipinski definition) is 3. The maximum atomic E-state index is 11.7. The van der Waals surface area contributed by atoms with Crippen LogP contribution in [0.2, 0.25) is 0 Å². The molecular formula is C15H11BrN2O2. The predicted molar refractivity (Wildman–Crippen MR) is 80.6 cm³/mol. The van der Waals surface area contributed by atoms with Crippen molar-refractivity contribution in [2.45, 2.75) is 0 Å². The average molecular weight is 331 g/mol. The minimum atomic E-state index is -0.385. The summed E-state index contributed by atoms with van der Waals surface area (Å²) < 4.78 is 5.78. The van der Waals surface area contributed by atoms with Crippen molar-refractivity contribution in [1.29, 1.82) is 0 Å². The van der Waals surface area contributed by atoms with E-state index in [4.69, 9.17) is 4.74 Å². The smallest absolute Gasteiger partial charge is 0.340 e. The Morgan fingerprint density at radius 1 is 1.20 bits per heavy atom. The Bertz CT molecular complexity index is 778. The zero-order valence-corrected chi connectivity index (χ0v) is 12.3. The third-order valence-electron chi connectivity index (χ3n) is 3.04. The first-order valence-corrected chi connectivity index (χ1v) is 6.81. The molecule has 0 aliphatic carbocycles. The molecule has 1 aromatic heterocycles. The summed E-state index contributed by atoms with van der Waals surface area (Å²) in [5, 5.41) is 0. The Morgan fingerprint density at radius 3 is 2.65 bits per heavy atom. The van der Waals surface area contributed by atoms with E-state index in [9.17, 15) is 4.79 Å². The van der Waals surface area contributed by atoms with Gasteiger partial charge in [-0.25, -0.2) is 9.78 Å². The maximum Gasteiger partial charge on any atom is 0.340 e. The van der Waals surface area contributed by atoms with Gasteiger partial charge in [0.1, 0.15) is 11.3 Å². The monoisotopic (exact) mass is 330 g/mol. The molecule has 0 spiro atoms. The van der Waals surface area contributed by atoms with Gasteiger partial charge in [-0.2, -0.15) is 0 Å². The number of carbonyl (C=O) groups is 1. The summed E-state index contributed by atoms with van der Waals surface area (Å²) in [6.07, 6.45) is 0. The van der Waals surface area contributed by atoms with Gasteiger partial charge in [-0.15, -0.1) is 0 Å². The molecule has 0 unspecified atom stereocenters. The van der Waals surface area contributed by atoms with Crippen molar-refractivity contribution in [1.82, 2.24) is 9.97 Å². The van der Waals surface area contributed by atoms with Crippen LogP contribution in [0.15, 0.2) is 46.9 Å². The second kappa shape index (κ2) is 5.09. The number of aromatic nitrogens is 2. The first-order valence-electron chi connectivity index (χ1n) is 6.02. The molecule has 3 rings (SSSR count). The van der Waals surface area contributed by atoms with Crippen LogP contribution < -0.4 is 0 Å². The molecule has 0 bridgehead atoms. The molecule has 0 amide bonds. The standard InChI is InChI=1S/C15H11BrN2O2/c1-20-15(19)11-3-2-4-12-13(11)18-14(17-12)9-5-7-10(16)8-6-9/h2-8H,1H3,(H,17,18). The molecule has 100 valence electrons. The molecule has 20 heavy (non-hydrogen) atoms. The summed E-state index contributed by atoms with van der Waals surface area (Å²) in [6.45, 7) is 0. The van der Waals surface area contributed by atoms with Crippen LogP contribution in [0.5, 0.6) is 0 Å². The van der Waals surface area contributed by atoms with Crippen LogP contribution in [-0.4, -0.2) is 23.0 Å². The highest BCUT2D eigenvalue weighted by molar-refractivity contribution is 9.10. The number of para-hydroxylation sites is 1. The number of aromatic amines is 1. The highest BCUT2D eigenvalue weighted by Gasteiger charge is 2.14. The van der Waals surface area contributed by atoms with Gasteiger partial charge in [0.15, 0.2) is 0 Å². The molecule has 0 fully saturated rings. The molecule has 0 saturated heterocycles. The average Bonchev–Trinajstić information content (AvgIpc) is 2.91. The highest BCUT2D eigenvalue weighted by Crippen LogP contribution is 2.24. The second-order valence-electron chi connectivity index (χ2n) is 4.29. The largest absolute Gasteiger partial charge is 0.465 e. The number of fused-ring (bicyclic) bond motifs is 1. The minimum Gasteiger partial charge on any atom is -0.465 e. The molecule has 0 aliphatic rings. The van der Waals surface area contributed by atoms with E-state index in [1.807, 2.05) is 30.3 Å². The van der Waals surface area contributed by atoms with Crippen molar-refractivity contribution in [3.63, 3.8) is 0 Å². The number of nitrogens with zero attached hydrogens (tertiary/aromatic N) is 1. The number of H-pyrrole nitrogens is 1. The van der Waals surface area contributed by atoms with Crippen molar-refractivity contribution in [2.24, 2.45) is 0 Å². The number of benzene rings is 2. The van der Waals surface area contributed by atoms with Gasteiger partial charge < -0.3 is 9.72 Å². The quantitative estimate of drug-likeness (QED) is 0.727. The van der Waals surface area contributed by atoms with Crippen LogP contribution in [0, 0.1) is 0 Å². The molecule has 0 saturated carbocycles. The molecule has 5 heteroatoms. The summed E-state index contributed by atoms with van der Waals surface area (Å²) >= 11 is 3.40. The summed E-state index contributed by atoms with van der Waals surface area (Å²) in [4.78, 5) is 19.5. The van der Waals surface area contributed by atoms with Gasteiger partial charge in [0.2, 0.25) is 0 Å². The molecule has 3 aromatic rings. The van der Waals surface area contributed by atoms with Gasteiger partial charge in [-0.1, -0.05) is 34.1 Å². The van der Waals surface area contributed by atoms with Crippen LogP contribution >= 0.6 is 15.9 Å². The number of esters is 1. The number of nitrogens with one attached hydrogen (secondary N) is 1. The molecular weight excluding hydrogens is 320 g/mol. The van der Waals surface area contributed by atoms with Crippen molar-refractivity contribution in [3.05, 3.63) is 52.5 Å². The fourth-order valence-corrected chi connectivity index (χ4v) is 2.32. The Labute approximate surface area is 123 Å². The van der Waals surface area contributed by atoms with E-state index in [1.165, 1.54) is 7.11 Å². The van der Waals surface area contributed by atoms with E-state index in [0.717, 1.165) is 21.4 Å². The van der Waals surface area contributed by atoms with Gasteiger partial charge in [0.25, 0.3) is 0 Å². The zero-order valence-electron chi connectivity index (χ0n) is 10.7. The van der Waals surface area contributed by atoms with E-state index in [-0.39, 0.29) is 5.97 Å². The van der Waals surface area contributed by atoms with Crippen molar-refractivity contribution >= 4 is 32.9 Å². The van der Waals surface area contributed by atoms with Crippen LogP contribution in [0.1, 0.15) is 10.4 Å². The molecule has 0 atom stereocenters. The number of rotatable bonds is 2. The highest BCUT2D eigenvalue weighted by atomic mass is 79.9. The fraction of sp³-hybridized carbons (Fsp3) is 0.0667. The first kappa shape index (κ1) is 12.9. The van der Waals surface area contributed by atoms with Crippen LogP contribution in [0.25, 0.3) is 22.4 Å². The van der Waals surface area contributed by atoms with E-state index < -0.39 is 0 Å². The number of methoxy groups -OCH3 is 1. The van der Waals surface area contributed by atoms with Gasteiger partial charge >= 0.3 is 5.97 Å². The van der Waals surface area contributed by atoms with Crippen molar-refractivity contribution < 1.29 is 9.53 Å². The fourth-order valence-electron chi connectivity index (χ4n) is 2.05. The van der Waals surface area contributed by atoms with Crippen molar-refractivity contribution in [3.8, 4) is 11.4 Å². The summed E-state index contributed by atoms with van der Waals surface area (Å²) in [6, 6.07) is 13.2.